The van der Waals surface area contributed by atoms with Gasteiger partial charge in [0, 0.05) is 13.5 Å². The molecule has 0 aliphatic carbocycles. The summed E-state index contributed by atoms with van der Waals surface area (Å²) in [5, 5.41) is 5.62. The summed E-state index contributed by atoms with van der Waals surface area (Å²) >= 11 is 0. The van der Waals surface area contributed by atoms with Gasteiger partial charge in [-0.3, -0.25) is 4.79 Å². The average molecular weight is 441 g/mol. The van der Waals surface area contributed by atoms with Crippen molar-refractivity contribution < 1.29 is 32.9 Å². The lowest BCUT2D eigenvalue weighted by molar-refractivity contribution is -0.120. The molecular weight excluding hydrogens is 395 g/mol. The van der Waals surface area contributed by atoms with E-state index in [2.05, 4.69) is 17.6 Å². The lowest BCUT2D eigenvalue weighted by Crippen LogP contribution is -2.44. The van der Waals surface area contributed by atoms with Crippen molar-refractivity contribution >= 4 is 5.91 Å². The predicted molar refractivity (Wildman–Crippen MR) is 117 cm³/mol. The van der Waals surface area contributed by atoms with E-state index in [0.717, 1.165) is 13.1 Å². The van der Waals surface area contributed by atoms with Crippen LogP contribution in [0, 0.1) is 0 Å². The van der Waals surface area contributed by atoms with Crippen molar-refractivity contribution in [2.45, 2.75) is 53.3 Å². The third-order valence-electron chi connectivity index (χ3n) is 3.78. The maximum atomic E-state index is 14.0. The lowest BCUT2D eigenvalue weighted by Gasteiger charge is -2.29. The molecule has 0 fully saturated rings. The summed E-state index contributed by atoms with van der Waals surface area (Å²) < 4.78 is 41.1. The molecule has 0 aliphatic rings. The molecule has 0 radical (unpaired) electrons. The van der Waals surface area contributed by atoms with Gasteiger partial charge in [0.15, 0.2) is 0 Å². The average Bonchev–Trinajstić information content (AvgIpc) is 2.73. The van der Waals surface area contributed by atoms with Crippen molar-refractivity contribution in [2.75, 3.05) is 79.1 Å². The van der Waals surface area contributed by atoms with Gasteiger partial charge in [-0.15, -0.1) is 0 Å². The Bertz CT molecular complexity index is 375. The van der Waals surface area contributed by atoms with Crippen LogP contribution in [0.2, 0.25) is 0 Å². The Labute approximate surface area is 182 Å². The van der Waals surface area contributed by atoms with Crippen LogP contribution in [0.25, 0.3) is 0 Å². The largest absolute Gasteiger partial charge is 0.378 e. The van der Waals surface area contributed by atoms with Gasteiger partial charge in [0.25, 0.3) is 0 Å². The van der Waals surface area contributed by atoms with Gasteiger partial charge in [-0.25, -0.2) is 4.39 Å². The molecule has 182 valence electrons. The fourth-order valence-electron chi connectivity index (χ4n) is 2.02. The molecule has 0 aromatic carbocycles. The maximum absolute atomic E-state index is 14.0. The predicted octanol–water partition coefficient (Wildman–Crippen LogP) is 1.96. The highest BCUT2D eigenvalue weighted by Gasteiger charge is 2.30. The number of ether oxygens (including phenoxy) is 5. The van der Waals surface area contributed by atoms with Crippen LogP contribution < -0.4 is 10.6 Å². The molecular formula is C21H45FN2O6. The van der Waals surface area contributed by atoms with Crippen LogP contribution in [0.4, 0.5) is 4.39 Å². The third kappa shape index (κ3) is 21.9. The van der Waals surface area contributed by atoms with Crippen LogP contribution in [-0.2, 0) is 28.5 Å². The quantitative estimate of drug-likeness (QED) is 0.280. The van der Waals surface area contributed by atoms with E-state index in [0.29, 0.717) is 52.9 Å². The number of rotatable bonds is 20. The Morgan fingerprint density at radius 1 is 0.867 bits per heavy atom. The van der Waals surface area contributed by atoms with Crippen LogP contribution in [0.15, 0.2) is 0 Å². The number of amides is 1. The van der Waals surface area contributed by atoms with E-state index in [1.165, 1.54) is 6.92 Å². The number of hydrogen-bond acceptors (Lipinski definition) is 7. The van der Waals surface area contributed by atoms with Crippen LogP contribution in [-0.4, -0.2) is 96.8 Å². The third-order valence-corrected chi connectivity index (χ3v) is 3.78. The summed E-state index contributed by atoms with van der Waals surface area (Å²) in [6.45, 7) is 16.8. The minimum Gasteiger partial charge on any atom is -0.378 e. The normalized spacial score (nSPS) is 12.2. The maximum Gasteiger partial charge on any atom is 0.216 e. The van der Waals surface area contributed by atoms with Gasteiger partial charge in [-0.05, 0) is 20.4 Å². The molecule has 0 bridgehead atoms. The summed E-state index contributed by atoms with van der Waals surface area (Å²) in [6.07, 6.45) is -1.29. The number of halogens is 1. The molecule has 1 atom stereocenters. The van der Waals surface area contributed by atoms with Gasteiger partial charge >= 0.3 is 0 Å². The summed E-state index contributed by atoms with van der Waals surface area (Å²) in [5.74, 6) is -0.263. The second-order valence-corrected chi connectivity index (χ2v) is 6.66. The van der Waals surface area contributed by atoms with Gasteiger partial charge in [0.2, 0.25) is 5.91 Å². The standard InChI is InChI=1S/C19H39FN2O6.C2H6/c1-5-21-6-7-24-8-9-25-10-11-26-12-13-27-14-15-28-19(3,4)18(20)16-22-17(2)23;1-2/h18,21H,5-16H2,1-4H3,(H,22,23);1-2H3. The van der Waals surface area contributed by atoms with Crippen LogP contribution in [0.1, 0.15) is 41.5 Å². The smallest absolute Gasteiger partial charge is 0.216 e. The Balaban J connectivity index is 0. The van der Waals surface area contributed by atoms with Crippen molar-refractivity contribution in [2.24, 2.45) is 0 Å². The topological polar surface area (TPSA) is 87.3 Å². The zero-order valence-electron chi connectivity index (χ0n) is 19.9. The molecule has 9 heteroatoms. The van der Waals surface area contributed by atoms with Crippen molar-refractivity contribution in [3.05, 3.63) is 0 Å². The number of hydrogen-bond donors (Lipinski definition) is 2. The van der Waals surface area contributed by atoms with E-state index in [1.807, 2.05) is 13.8 Å². The van der Waals surface area contributed by atoms with Crippen molar-refractivity contribution in [3.8, 4) is 0 Å². The molecule has 0 aromatic heterocycles. The minimum absolute atomic E-state index is 0.0682. The molecule has 2 N–H and O–H groups in total. The van der Waals surface area contributed by atoms with E-state index in [1.54, 1.807) is 13.8 Å². The molecule has 0 saturated heterocycles. The first-order valence-corrected chi connectivity index (χ1v) is 10.9. The van der Waals surface area contributed by atoms with Crippen molar-refractivity contribution in [3.63, 3.8) is 0 Å². The number of nitrogens with one attached hydrogen (secondary N) is 2. The first-order valence-electron chi connectivity index (χ1n) is 10.9. The SMILES string of the molecule is CC.CCNCCOCCOCCOCCOCCOC(C)(C)C(F)CNC(C)=O. The highest BCUT2D eigenvalue weighted by Crippen LogP contribution is 2.17. The first kappa shape index (κ1) is 31.3. The highest BCUT2D eigenvalue weighted by atomic mass is 19.1. The Hall–Kier alpha value is -0.840. The molecule has 0 saturated carbocycles. The van der Waals surface area contributed by atoms with E-state index in [9.17, 15) is 9.18 Å². The molecule has 30 heavy (non-hydrogen) atoms. The van der Waals surface area contributed by atoms with Crippen LogP contribution >= 0.6 is 0 Å². The van der Waals surface area contributed by atoms with Gasteiger partial charge in [-0.1, -0.05) is 20.8 Å². The molecule has 1 unspecified atom stereocenters. The summed E-state index contributed by atoms with van der Waals surface area (Å²) in [5.41, 5.74) is -0.990. The van der Waals surface area contributed by atoms with Crippen LogP contribution in [0.3, 0.4) is 0 Å². The van der Waals surface area contributed by atoms with Gasteiger partial charge in [0.1, 0.15) is 6.17 Å². The summed E-state index contributed by atoms with van der Waals surface area (Å²) in [4.78, 5) is 10.8. The second-order valence-electron chi connectivity index (χ2n) is 6.66. The highest BCUT2D eigenvalue weighted by molar-refractivity contribution is 5.72. The number of likely N-dealkylation sites (N-methyl/N-ethyl adjacent to an activating group) is 1. The zero-order chi connectivity index (χ0) is 23.1. The lowest BCUT2D eigenvalue weighted by atomic mass is 10.0. The van der Waals surface area contributed by atoms with Gasteiger partial charge < -0.3 is 34.3 Å². The molecule has 0 aliphatic heterocycles. The molecule has 8 nitrogen and oxygen atoms in total. The molecule has 0 spiro atoms. The first-order chi connectivity index (χ1) is 14.4. The summed E-state index contributed by atoms with van der Waals surface area (Å²) in [7, 11) is 0. The van der Waals surface area contributed by atoms with Crippen LogP contribution in [0.5, 0.6) is 0 Å². The second kappa shape index (κ2) is 22.8. The summed E-state index contributed by atoms with van der Waals surface area (Å²) in [6, 6.07) is 0. The van der Waals surface area contributed by atoms with E-state index in [-0.39, 0.29) is 19.1 Å². The van der Waals surface area contributed by atoms with Gasteiger partial charge in [-0.2, -0.15) is 0 Å². The monoisotopic (exact) mass is 440 g/mol. The van der Waals surface area contributed by atoms with E-state index < -0.39 is 11.8 Å². The molecule has 0 rings (SSSR count). The van der Waals surface area contributed by atoms with Crippen molar-refractivity contribution in [1.82, 2.24) is 10.6 Å². The van der Waals surface area contributed by atoms with Gasteiger partial charge in [0.05, 0.1) is 71.6 Å². The van der Waals surface area contributed by atoms with Crippen molar-refractivity contribution in [1.29, 1.82) is 0 Å². The zero-order valence-corrected chi connectivity index (χ0v) is 19.9. The fraction of sp³-hybridized carbons (Fsp3) is 0.952. The molecule has 0 heterocycles. The Kier molecular flexibility index (Phi) is 23.9. The van der Waals surface area contributed by atoms with E-state index in [4.69, 9.17) is 23.7 Å². The molecule has 1 amide bonds. The Morgan fingerprint density at radius 3 is 1.73 bits per heavy atom. The van der Waals surface area contributed by atoms with E-state index >= 15 is 0 Å². The number of carbonyl (C=O) groups is 1. The molecule has 0 aromatic rings. The Morgan fingerprint density at radius 2 is 1.30 bits per heavy atom. The number of alkyl halides is 1. The number of carbonyl (C=O) groups excluding carboxylic acids is 1. The minimum atomic E-state index is -1.29. The fourth-order valence-corrected chi connectivity index (χ4v) is 2.02.